The lowest BCUT2D eigenvalue weighted by molar-refractivity contribution is -0.127. The highest BCUT2D eigenvalue weighted by atomic mass is 127. The van der Waals surface area contributed by atoms with Gasteiger partial charge in [0.05, 0.1) is 19.8 Å². The van der Waals surface area contributed by atoms with Gasteiger partial charge in [-0.05, 0) is 36.5 Å². The molecular weight excluding hydrogens is 515 g/mol. The first-order valence-electron chi connectivity index (χ1n) is 11.2. The Labute approximate surface area is 208 Å². The molecule has 0 radical (unpaired) electrons. The molecule has 6 nitrogen and oxygen atoms in total. The number of halogens is 1. The Morgan fingerprint density at radius 2 is 1.69 bits per heavy atom. The van der Waals surface area contributed by atoms with Crippen LogP contribution in [0.2, 0.25) is 0 Å². The predicted molar refractivity (Wildman–Crippen MR) is 140 cm³/mol. The minimum Gasteiger partial charge on any atom is -0.372 e. The molecule has 1 fully saturated rings. The van der Waals surface area contributed by atoms with Gasteiger partial charge in [0.25, 0.3) is 0 Å². The van der Waals surface area contributed by atoms with Gasteiger partial charge in [-0.3, -0.25) is 4.79 Å². The average Bonchev–Trinajstić information content (AvgIpc) is 3.21. The fourth-order valence-corrected chi connectivity index (χ4v) is 3.53. The van der Waals surface area contributed by atoms with Crippen molar-refractivity contribution in [1.82, 2.24) is 15.5 Å². The molecule has 1 aliphatic rings. The topological polar surface area (TPSA) is 66.0 Å². The van der Waals surface area contributed by atoms with Gasteiger partial charge in [-0.25, -0.2) is 4.99 Å². The summed E-state index contributed by atoms with van der Waals surface area (Å²) >= 11 is 0. The summed E-state index contributed by atoms with van der Waals surface area (Å²) in [6.07, 6.45) is 2.62. The summed E-state index contributed by atoms with van der Waals surface area (Å²) in [5, 5.41) is 6.65. The highest BCUT2D eigenvalue weighted by Crippen LogP contribution is 2.10. The molecule has 0 bridgehead atoms. The fourth-order valence-electron chi connectivity index (χ4n) is 3.53. The van der Waals surface area contributed by atoms with Crippen molar-refractivity contribution < 1.29 is 9.53 Å². The van der Waals surface area contributed by atoms with Crippen LogP contribution in [0.5, 0.6) is 0 Å². The number of hydrogen-bond acceptors (Lipinski definition) is 3. The molecule has 3 rings (SSSR count). The first-order valence-corrected chi connectivity index (χ1v) is 11.2. The van der Waals surface area contributed by atoms with Gasteiger partial charge in [0.15, 0.2) is 5.96 Å². The lowest BCUT2D eigenvalue weighted by atomic mass is 10.1. The SMILES string of the molecule is CCNC(=NCc1ccc(COCc2ccccc2)cc1)NCCCN1CCCC1=O.I. The highest BCUT2D eigenvalue weighted by Gasteiger charge is 2.18. The van der Waals surface area contributed by atoms with Crippen LogP contribution in [-0.2, 0) is 29.3 Å². The molecular formula is C25H35IN4O2. The van der Waals surface area contributed by atoms with E-state index in [1.807, 2.05) is 23.1 Å². The summed E-state index contributed by atoms with van der Waals surface area (Å²) < 4.78 is 5.80. The largest absolute Gasteiger partial charge is 0.372 e. The van der Waals surface area contributed by atoms with E-state index in [9.17, 15) is 4.79 Å². The van der Waals surface area contributed by atoms with Crippen molar-refractivity contribution >= 4 is 35.8 Å². The van der Waals surface area contributed by atoms with E-state index in [-0.39, 0.29) is 29.9 Å². The Morgan fingerprint density at radius 1 is 1.00 bits per heavy atom. The number of nitrogens with one attached hydrogen (secondary N) is 2. The standard InChI is InChI=1S/C25H34N4O2.HI/c1-2-26-25(27-15-7-17-29-16-6-10-24(29)30)28-18-21-11-13-23(14-12-21)20-31-19-22-8-4-3-5-9-22;/h3-5,8-9,11-14H,2,6-7,10,15-20H2,1H3,(H2,26,27,28);1H. The quantitative estimate of drug-likeness (QED) is 0.192. The van der Waals surface area contributed by atoms with Crippen LogP contribution in [0.1, 0.15) is 42.9 Å². The molecule has 1 saturated heterocycles. The second kappa shape index (κ2) is 14.8. The molecule has 7 heteroatoms. The molecule has 2 aromatic carbocycles. The molecule has 1 heterocycles. The number of likely N-dealkylation sites (tertiary alicyclic amines) is 1. The van der Waals surface area contributed by atoms with Gasteiger partial charge in [-0.1, -0.05) is 54.6 Å². The normalized spacial score (nSPS) is 13.7. The smallest absolute Gasteiger partial charge is 0.222 e. The van der Waals surface area contributed by atoms with Crippen LogP contribution in [0, 0.1) is 0 Å². The maximum Gasteiger partial charge on any atom is 0.222 e. The minimum atomic E-state index is 0. The number of hydrogen-bond donors (Lipinski definition) is 2. The summed E-state index contributed by atoms with van der Waals surface area (Å²) in [5.41, 5.74) is 3.50. The molecule has 2 aromatic rings. The number of amides is 1. The van der Waals surface area contributed by atoms with E-state index < -0.39 is 0 Å². The predicted octanol–water partition coefficient (Wildman–Crippen LogP) is 4.09. The molecule has 32 heavy (non-hydrogen) atoms. The zero-order chi connectivity index (χ0) is 21.7. The van der Waals surface area contributed by atoms with Crippen LogP contribution < -0.4 is 10.6 Å². The van der Waals surface area contributed by atoms with Crippen molar-refractivity contribution in [3.8, 4) is 0 Å². The van der Waals surface area contributed by atoms with Gasteiger partial charge < -0.3 is 20.3 Å². The Morgan fingerprint density at radius 3 is 2.34 bits per heavy atom. The molecule has 1 amide bonds. The highest BCUT2D eigenvalue weighted by molar-refractivity contribution is 14.0. The van der Waals surface area contributed by atoms with Crippen LogP contribution in [-0.4, -0.2) is 42.9 Å². The van der Waals surface area contributed by atoms with E-state index in [1.165, 1.54) is 5.56 Å². The average molecular weight is 550 g/mol. The van der Waals surface area contributed by atoms with E-state index in [0.717, 1.165) is 56.1 Å². The van der Waals surface area contributed by atoms with Gasteiger partial charge in [0.1, 0.15) is 0 Å². The number of ether oxygens (including phenoxy) is 1. The maximum atomic E-state index is 11.7. The van der Waals surface area contributed by atoms with Crippen molar-refractivity contribution in [3.63, 3.8) is 0 Å². The first kappa shape index (κ1) is 26.1. The zero-order valence-electron chi connectivity index (χ0n) is 18.9. The maximum absolute atomic E-state index is 11.7. The van der Waals surface area contributed by atoms with Gasteiger partial charge in [-0.2, -0.15) is 0 Å². The molecule has 0 saturated carbocycles. The molecule has 2 N–H and O–H groups in total. The number of benzene rings is 2. The van der Waals surface area contributed by atoms with Gasteiger partial charge in [-0.15, -0.1) is 24.0 Å². The third-order valence-electron chi connectivity index (χ3n) is 5.24. The van der Waals surface area contributed by atoms with E-state index >= 15 is 0 Å². The zero-order valence-corrected chi connectivity index (χ0v) is 21.2. The summed E-state index contributed by atoms with van der Waals surface area (Å²) in [6, 6.07) is 18.6. The molecule has 0 aliphatic carbocycles. The van der Waals surface area contributed by atoms with Gasteiger partial charge >= 0.3 is 0 Å². The number of rotatable bonds is 11. The van der Waals surface area contributed by atoms with Crippen molar-refractivity contribution in [2.45, 2.75) is 45.9 Å². The Hall–Kier alpha value is -2.13. The Bertz CT molecular complexity index is 828. The third-order valence-corrected chi connectivity index (χ3v) is 5.24. The van der Waals surface area contributed by atoms with Crippen LogP contribution in [0.3, 0.4) is 0 Å². The van der Waals surface area contributed by atoms with Crippen LogP contribution >= 0.6 is 24.0 Å². The second-order valence-corrected chi connectivity index (χ2v) is 7.75. The second-order valence-electron chi connectivity index (χ2n) is 7.75. The van der Waals surface area contributed by atoms with Gasteiger partial charge in [0.2, 0.25) is 5.91 Å². The van der Waals surface area contributed by atoms with Crippen molar-refractivity contribution in [3.05, 3.63) is 71.3 Å². The molecule has 0 spiro atoms. The molecule has 0 aromatic heterocycles. The first-order chi connectivity index (χ1) is 15.2. The third kappa shape index (κ3) is 9.16. The molecule has 0 unspecified atom stereocenters. The Kier molecular flexibility index (Phi) is 12.1. The van der Waals surface area contributed by atoms with Crippen LogP contribution in [0.25, 0.3) is 0 Å². The minimum absolute atomic E-state index is 0. The lowest BCUT2D eigenvalue weighted by Gasteiger charge is -2.16. The van der Waals surface area contributed by atoms with E-state index in [0.29, 0.717) is 26.2 Å². The number of aliphatic imine (C=N–C) groups is 1. The van der Waals surface area contributed by atoms with Crippen molar-refractivity contribution in [1.29, 1.82) is 0 Å². The summed E-state index contributed by atoms with van der Waals surface area (Å²) in [7, 11) is 0. The van der Waals surface area contributed by atoms with Crippen molar-refractivity contribution in [2.24, 2.45) is 4.99 Å². The summed E-state index contributed by atoms with van der Waals surface area (Å²) in [6.45, 7) is 7.23. The number of carbonyl (C=O) groups excluding carboxylic acids is 1. The monoisotopic (exact) mass is 550 g/mol. The van der Waals surface area contributed by atoms with E-state index in [1.54, 1.807) is 0 Å². The molecule has 1 aliphatic heterocycles. The van der Waals surface area contributed by atoms with Crippen LogP contribution in [0.4, 0.5) is 0 Å². The number of guanidine groups is 1. The molecule has 174 valence electrons. The Balaban J connectivity index is 0.00000363. The summed E-state index contributed by atoms with van der Waals surface area (Å²) in [5.74, 6) is 1.10. The van der Waals surface area contributed by atoms with E-state index in [2.05, 4.69) is 58.9 Å². The summed E-state index contributed by atoms with van der Waals surface area (Å²) in [4.78, 5) is 18.3. The van der Waals surface area contributed by atoms with Crippen molar-refractivity contribution in [2.75, 3.05) is 26.2 Å². The number of carbonyl (C=O) groups is 1. The number of nitrogens with zero attached hydrogens (tertiary/aromatic N) is 2. The fraction of sp³-hybridized carbons (Fsp3) is 0.440. The van der Waals surface area contributed by atoms with E-state index in [4.69, 9.17) is 4.74 Å². The molecule has 0 atom stereocenters. The van der Waals surface area contributed by atoms with Crippen LogP contribution in [0.15, 0.2) is 59.6 Å². The lowest BCUT2D eigenvalue weighted by Crippen LogP contribution is -2.39. The van der Waals surface area contributed by atoms with Gasteiger partial charge in [0, 0.05) is 32.6 Å².